The van der Waals surface area contributed by atoms with Crippen molar-refractivity contribution in [3.8, 4) is 0 Å². The second kappa shape index (κ2) is 4.71. The summed E-state index contributed by atoms with van der Waals surface area (Å²) in [6, 6.07) is 5.49. The van der Waals surface area contributed by atoms with Gasteiger partial charge in [0, 0.05) is 9.35 Å². The summed E-state index contributed by atoms with van der Waals surface area (Å²) in [4.78, 5) is 1.05. The highest BCUT2D eigenvalue weighted by Crippen LogP contribution is 2.37. The van der Waals surface area contributed by atoms with Crippen LogP contribution in [0.15, 0.2) is 35.5 Å². The normalized spacial score (nSPS) is 13.1. The van der Waals surface area contributed by atoms with Gasteiger partial charge in [-0.15, -0.1) is 11.3 Å². The van der Waals surface area contributed by atoms with Gasteiger partial charge < -0.3 is 10.2 Å². The molecule has 0 amide bonds. The topological polar surface area (TPSA) is 39.2 Å². The van der Waals surface area contributed by atoms with Gasteiger partial charge in [-0.25, -0.2) is 0 Å². The molecule has 0 aliphatic carbocycles. The van der Waals surface area contributed by atoms with Gasteiger partial charge in [-0.1, -0.05) is 0 Å². The van der Waals surface area contributed by atoms with Crippen LogP contribution in [0.4, 0.5) is 0 Å². The number of rotatable bonds is 2. The largest absolute Gasteiger partial charge is 0.452 e. The first kappa shape index (κ1) is 11.9. The van der Waals surface area contributed by atoms with Gasteiger partial charge in [0.25, 0.3) is 0 Å². The monoisotopic (exact) mass is 413 g/mol. The Hall–Kier alpha value is 0.380. The van der Waals surface area contributed by atoms with E-state index in [9.17, 15) is 0 Å². The Morgan fingerprint density at radius 2 is 2.00 bits per heavy atom. The van der Waals surface area contributed by atoms with Crippen LogP contribution in [0.3, 0.4) is 0 Å². The van der Waals surface area contributed by atoms with Crippen LogP contribution in [-0.2, 0) is 0 Å². The van der Waals surface area contributed by atoms with Crippen LogP contribution in [0.1, 0.15) is 16.7 Å². The van der Waals surface area contributed by atoms with Crippen molar-refractivity contribution in [2.75, 3.05) is 0 Å². The van der Waals surface area contributed by atoms with E-state index in [1.54, 1.807) is 11.3 Å². The van der Waals surface area contributed by atoms with Crippen molar-refractivity contribution >= 4 is 59.1 Å². The molecule has 6 heteroatoms. The first-order valence-corrected chi connectivity index (χ1v) is 7.23. The van der Waals surface area contributed by atoms with E-state index in [2.05, 4.69) is 47.8 Å². The molecular formula is C9H6Br3NOS. The highest BCUT2D eigenvalue weighted by atomic mass is 79.9. The maximum atomic E-state index is 6.07. The zero-order valence-electron chi connectivity index (χ0n) is 7.34. The van der Waals surface area contributed by atoms with Crippen molar-refractivity contribution < 1.29 is 4.42 Å². The Kier molecular flexibility index (Phi) is 3.72. The van der Waals surface area contributed by atoms with E-state index in [4.69, 9.17) is 10.2 Å². The smallest absolute Gasteiger partial charge is 0.169 e. The highest BCUT2D eigenvalue weighted by molar-refractivity contribution is 9.13. The van der Waals surface area contributed by atoms with Gasteiger partial charge in [-0.3, -0.25) is 0 Å². The lowest BCUT2D eigenvalue weighted by Crippen LogP contribution is -2.08. The molecule has 2 heterocycles. The van der Waals surface area contributed by atoms with Gasteiger partial charge in [-0.05, 0) is 66.0 Å². The summed E-state index contributed by atoms with van der Waals surface area (Å²) in [6.45, 7) is 0. The number of furan rings is 1. The summed E-state index contributed by atoms with van der Waals surface area (Å²) in [5.41, 5.74) is 6.07. The Morgan fingerprint density at radius 1 is 1.27 bits per heavy atom. The van der Waals surface area contributed by atoms with Gasteiger partial charge in [0.15, 0.2) is 4.67 Å². The SMILES string of the molecule is NC(c1ccc(Br)o1)c1cc(Br)c(Br)s1. The van der Waals surface area contributed by atoms with E-state index in [1.165, 1.54) is 0 Å². The Labute approximate surface area is 116 Å². The number of nitrogens with two attached hydrogens (primary N) is 1. The zero-order valence-corrected chi connectivity index (χ0v) is 12.9. The fraction of sp³-hybridized carbons (Fsp3) is 0.111. The third-order valence-corrected chi connectivity index (χ3v) is 5.64. The summed E-state index contributed by atoms with van der Waals surface area (Å²) in [6.07, 6.45) is 0. The zero-order chi connectivity index (χ0) is 11.0. The fourth-order valence-electron chi connectivity index (χ4n) is 1.15. The van der Waals surface area contributed by atoms with Crippen LogP contribution >= 0.6 is 59.1 Å². The van der Waals surface area contributed by atoms with Crippen LogP contribution < -0.4 is 5.73 Å². The molecule has 2 N–H and O–H groups in total. The predicted molar refractivity (Wildman–Crippen MR) is 72.2 cm³/mol. The lowest BCUT2D eigenvalue weighted by Gasteiger charge is -2.04. The van der Waals surface area contributed by atoms with Gasteiger partial charge in [-0.2, -0.15) is 0 Å². The van der Waals surface area contributed by atoms with Crippen molar-refractivity contribution in [2.24, 2.45) is 5.73 Å². The molecule has 0 saturated carbocycles. The molecule has 0 bridgehead atoms. The lowest BCUT2D eigenvalue weighted by molar-refractivity contribution is 0.472. The van der Waals surface area contributed by atoms with Crippen molar-refractivity contribution in [1.82, 2.24) is 0 Å². The fourth-order valence-corrected chi connectivity index (χ4v) is 3.57. The molecule has 0 spiro atoms. The van der Waals surface area contributed by atoms with Gasteiger partial charge >= 0.3 is 0 Å². The average molecular weight is 416 g/mol. The minimum absolute atomic E-state index is 0.219. The van der Waals surface area contributed by atoms with Crippen molar-refractivity contribution in [3.05, 3.63) is 41.8 Å². The molecule has 0 aromatic carbocycles. The molecule has 0 aliphatic rings. The molecule has 0 radical (unpaired) electrons. The summed E-state index contributed by atoms with van der Waals surface area (Å²) in [5, 5.41) is 0. The van der Waals surface area contributed by atoms with E-state index >= 15 is 0 Å². The molecule has 2 nitrogen and oxygen atoms in total. The van der Waals surface area contributed by atoms with Crippen LogP contribution in [0.2, 0.25) is 0 Å². The van der Waals surface area contributed by atoms with E-state index in [0.717, 1.165) is 18.9 Å². The number of thiophene rings is 1. The molecule has 1 unspecified atom stereocenters. The van der Waals surface area contributed by atoms with E-state index in [1.807, 2.05) is 18.2 Å². The minimum Gasteiger partial charge on any atom is -0.452 e. The predicted octanol–water partition coefficient (Wildman–Crippen LogP) is 4.68. The van der Waals surface area contributed by atoms with Crippen LogP contribution in [0, 0.1) is 0 Å². The Balaban J connectivity index is 2.31. The average Bonchev–Trinajstić information content (AvgIpc) is 2.74. The van der Waals surface area contributed by atoms with Crippen LogP contribution in [-0.4, -0.2) is 0 Å². The minimum atomic E-state index is -0.219. The summed E-state index contributed by atoms with van der Waals surface area (Å²) in [7, 11) is 0. The first-order chi connectivity index (χ1) is 7.08. The highest BCUT2D eigenvalue weighted by Gasteiger charge is 2.16. The third kappa shape index (κ3) is 2.55. The first-order valence-electron chi connectivity index (χ1n) is 4.03. The maximum Gasteiger partial charge on any atom is 0.169 e. The van der Waals surface area contributed by atoms with Crippen LogP contribution in [0.25, 0.3) is 0 Å². The van der Waals surface area contributed by atoms with E-state index in [0.29, 0.717) is 4.67 Å². The second-order valence-electron chi connectivity index (χ2n) is 2.89. The lowest BCUT2D eigenvalue weighted by atomic mass is 10.2. The molecular weight excluding hydrogens is 410 g/mol. The standard InChI is InChI=1S/C9H6Br3NOS/c10-4-3-6(15-9(4)12)8(13)5-1-2-7(11)14-5/h1-3,8H,13H2. The maximum absolute atomic E-state index is 6.07. The summed E-state index contributed by atoms with van der Waals surface area (Å²) >= 11 is 11.7. The molecule has 0 fully saturated rings. The van der Waals surface area contributed by atoms with Crippen molar-refractivity contribution in [3.63, 3.8) is 0 Å². The Morgan fingerprint density at radius 3 is 2.47 bits per heavy atom. The summed E-state index contributed by atoms with van der Waals surface area (Å²) < 4.78 is 8.17. The van der Waals surface area contributed by atoms with Crippen molar-refractivity contribution in [2.45, 2.75) is 6.04 Å². The molecule has 0 aliphatic heterocycles. The second-order valence-corrected chi connectivity index (χ2v) is 6.93. The molecule has 80 valence electrons. The molecule has 1 atom stereocenters. The number of hydrogen-bond donors (Lipinski definition) is 1. The van der Waals surface area contributed by atoms with E-state index in [-0.39, 0.29) is 6.04 Å². The third-order valence-electron chi connectivity index (χ3n) is 1.87. The summed E-state index contributed by atoms with van der Waals surface area (Å²) in [5.74, 6) is 0.753. The van der Waals surface area contributed by atoms with E-state index < -0.39 is 0 Å². The number of hydrogen-bond acceptors (Lipinski definition) is 3. The van der Waals surface area contributed by atoms with Gasteiger partial charge in [0.1, 0.15) is 5.76 Å². The molecule has 2 rings (SSSR count). The molecule has 0 saturated heterocycles. The Bertz CT molecular complexity index is 460. The molecule has 2 aromatic heterocycles. The molecule has 15 heavy (non-hydrogen) atoms. The molecule has 2 aromatic rings. The van der Waals surface area contributed by atoms with Crippen molar-refractivity contribution in [1.29, 1.82) is 0 Å². The quantitative estimate of drug-likeness (QED) is 0.773. The number of halogens is 3. The van der Waals surface area contributed by atoms with Gasteiger partial charge in [0.2, 0.25) is 0 Å². The van der Waals surface area contributed by atoms with Gasteiger partial charge in [0.05, 0.1) is 9.83 Å². The van der Waals surface area contributed by atoms with Crippen LogP contribution in [0.5, 0.6) is 0 Å².